The van der Waals surface area contributed by atoms with Crippen molar-refractivity contribution in [2.24, 2.45) is 0 Å². The van der Waals surface area contributed by atoms with Gasteiger partial charge in [-0.15, -0.1) is 0 Å². The van der Waals surface area contributed by atoms with Crippen LogP contribution < -0.4 is 5.32 Å². The van der Waals surface area contributed by atoms with Crippen LogP contribution in [-0.2, 0) is 6.54 Å². The largest absolute Gasteiger partial charge is 0.341 e. The summed E-state index contributed by atoms with van der Waals surface area (Å²) >= 11 is 0. The molecule has 0 radical (unpaired) electrons. The lowest BCUT2D eigenvalue weighted by Gasteiger charge is -2.17. The van der Waals surface area contributed by atoms with E-state index in [-0.39, 0.29) is 5.82 Å². The van der Waals surface area contributed by atoms with Crippen molar-refractivity contribution in [2.45, 2.75) is 58.2 Å². The lowest BCUT2D eigenvalue weighted by atomic mass is 10.2. The maximum atomic E-state index is 13.5. The Kier molecular flexibility index (Phi) is 3.79. The van der Waals surface area contributed by atoms with Gasteiger partial charge in [-0.3, -0.25) is 0 Å². The van der Waals surface area contributed by atoms with Gasteiger partial charge >= 0.3 is 0 Å². The molecule has 1 aromatic heterocycles. The third-order valence-electron chi connectivity index (χ3n) is 4.33. The molecule has 0 atom stereocenters. The van der Waals surface area contributed by atoms with Gasteiger partial charge in [0.15, 0.2) is 0 Å². The van der Waals surface area contributed by atoms with E-state index < -0.39 is 0 Å². The van der Waals surface area contributed by atoms with Crippen molar-refractivity contribution in [1.29, 1.82) is 0 Å². The molecule has 1 N–H and O–H groups in total. The Bertz CT molecular complexity index is 594. The lowest BCUT2D eigenvalue weighted by molar-refractivity contribution is 0.496. The summed E-state index contributed by atoms with van der Waals surface area (Å²) in [6, 6.07) is 8.26. The van der Waals surface area contributed by atoms with Crippen LogP contribution in [0.2, 0.25) is 0 Å². The van der Waals surface area contributed by atoms with Gasteiger partial charge in [0, 0.05) is 29.7 Å². The average molecular weight is 274 g/mol. The Morgan fingerprint density at radius 1 is 1.25 bits per heavy atom. The number of halogens is 1. The molecule has 1 heterocycles. The van der Waals surface area contributed by atoms with Crippen molar-refractivity contribution < 1.29 is 4.39 Å². The first-order valence-corrected chi connectivity index (χ1v) is 7.68. The third kappa shape index (κ3) is 2.59. The topological polar surface area (TPSA) is 17.0 Å². The minimum Gasteiger partial charge on any atom is -0.341 e. The van der Waals surface area contributed by atoms with Crippen molar-refractivity contribution in [2.75, 3.05) is 0 Å². The highest BCUT2D eigenvalue weighted by molar-refractivity contribution is 5.81. The molecular formula is C17H23FN2. The Morgan fingerprint density at radius 2 is 2.00 bits per heavy atom. The van der Waals surface area contributed by atoms with Crippen molar-refractivity contribution in [3.8, 4) is 0 Å². The smallest absolute Gasteiger partial charge is 0.125 e. The maximum Gasteiger partial charge on any atom is 0.125 e. The molecule has 1 saturated carbocycles. The molecule has 3 rings (SSSR count). The molecule has 1 aromatic carbocycles. The Morgan fingerprint density at radius 3 is 2.70 bits per heavy atom. The van der Waals surface area contributed by atoms with Gasteiger partial charge in [0.25, 0.3) is 0 Å². The molecule has 0 aliphatic heterocycles. The van der Waals surface area contributed by atoms with Gasteiger partial charge in [0.2, 0.25) is 0 Å². The quantitative estimate of drug-likeness (QED) is 0.874. The number of fused-ring (bicyclic) bond motifs is 1. The second-order valence-corrected chi connectivity index (χ2v) is 6.16. The Balaban J connectivity index is 1.90. The number of aromatic nitrogens is 1. The van der Waals surface area contributed by atoms with Crippen molar-refractivity contribution >= 4 is 10.9 Å². The number of hydrogen-bond donors (Lipinski definition) is 1. The number of nitrogens with one attached hydrogen (secondary N) is 1. The van der Waals surface area contributed by atoms with E-state index >= 15 is 0 Å². The third-order valence-corrected chi connectivity index (χ3v) is 4.33. The van der Waals surface area contributed by atoms with Gasteiger partial charge in [0.05, 0.1) is 5.52 Å². The van der Waals surface area contributed by atoms with E-state index in [2.05, 4.69) is 29.8 Å². The monoisotopic (exact) mass is 274 g/mol. The summed E-state index contributed by atoms with van der Waals surface area (Å²) in [6.07, 6.45) is 5.26. The maximum absolute atomic E-state index is 13.5. The highest BCUT2D eigenvalue weighted by Gasteiger charge is 2.16. The predicted molar refractivity (Wildman–Crippen MR) is 81.4 cm³/mol. The van der Waals surface area contributed by atoms with Gasteiger partial charge < -0.3 is 9.88 Å². The van der Waals surface area contributed by atoms with Crippen molar-refractivity contribution in [1.82, 2.24) is 9.88 Å². The van der Waals surface area contributed by atoms with Crippen molar-refractivity contribution in [3.63, 3.8) is 0 Å². The second-order valence-electron chi connectivity index (χ2n) is 6.16. The summed E-state index contributed by atoms with van der Waals surface area (Å²) in [5.74, 6) is -0.159. The number of rotatable bonds is 4. The van der Waals surface area contributed by atoms with Crippen LogP contribution in [-0.4, -0.2) is 10.6 Å². The van der Waals surface area contributed by atoms with E-state index in [9.17, 15) is 4.39 Å². The van der Waals surface area contributed by atoms with E-state index in [0.29, 0.717) is 12.1 Å². The minimum absolute atomic E-state index is 0.159. The molecule has 0 unspecified atom stereocenters. The summed E-state index contributed by atoms with van der Waals surface area (Å²) in [7, 11) is 0. The van der Waals surface area contributed by atoms with Gasteiger partial charge in [-0.1, -0.05) is 12.8 Å². The fourth-order valence-corrected chi connectivity index (χ4v) is 3.38. The summed E-state index contributed by atoms with van der Waals surface area (Å²) in [4.78, 5) is 0. The fraction of sp³-hybridized carbons (Fsp3) is 0.529. The van der Waals surface area contributed by atoms with Crippen LogP contribution in [0.25, 0.3) is 10.9 Å². The van der Waals surface area contributed by atoms with Gasteiger partial charge in [0.1, 0.15) is 5.82 Å². The molecule has 2 nitrogen and oxygen atoms in total. The van der Waals surface area contributed by atoms with Crippen molar-refractivity contribution in [3.05, 3.63) is 35.8 Å². The van der Waals surface area contributed by atoms with Crippen LogP contribution in [0.15, 0.2) is 24.3 Å². The zero-order valence-electron chi connectivity index (χ0n) is 12.3. The average Bonchev–Trinajstić information content (AvgIpc) is 3.02. The molecule has 0 saturated heterocycles. The first-order chi connectivity index (χ1) is 9.65. The molecule has 0 amide bonds. The molecule has 108 valence electrons. The zero-order chi connectivity index (χ0) is 14.1. The molecule has 1 aliphatic carbocycles. The van der Waals surface area contributed by atoms with Crippen LogP contribution in [0.3, 0.4) is 0 Å². The summed E-state index contributed by atoms with van der Waals surface area (Å²) < 4.78 is 15.7. The number of nitrogens with zero attached hydrogens (tertiary/aromatic N) is 1. The van der Waals surface area contributed by atoms with Crippen LogP contribution in [0.4, 0.5) is 4.39 Å². The molecule has 20 heavy (non-hydrogen) atoms. The molecule has 1 fully saturated rings. The lowest BCUT2D eigenvalue weighted by Crippen LogP contribution is -2.26. The summed E-state index contributed by atoms with van der Waals surface area (Å²) in [6.45, 7) is 5.19. The first kappa shape index (κ1) is 13.6. The Labute approximate surface area is 120 Å². The van der Waals surface area contributed by atoms with E-state index in [1.165, 1.54) is 31.4 Å². The van der Waals surface area contributed by atoms with Crippen LogP contribution in [0.1, 0.15) is 51.3 Å². The minimum atomic E-state index is -0.159. The standard InChI is InChI=1S/C17H23FN2/c1-12(2)20-16(11-19-15-5-3-4-6-15)9-13-7-8-14(18)10-17(13)20/h7-10,12,15,19H,3-6,11H2,1-2H3. The summed E-state index contributed by atoms with van der Waals surface area (Å²) in [5, 5.41) is 4.78. The molecule has 1 aliphatic rings. The SMILES string of the molecule is CC(C)n1c(CNC2CCCC2)cc2ccc(F)cc21. The van der Waals surface area contributed by atoms with E-state index in [0.717, 1.165) is 17.4 Å². The van der Waals surface area contributed by atoms with E-state index in [1.54, 1.807) is 12.1 Å². The molecule has 0 bridgehead atoms. The predicted octanol–water partition coefficient (Wildman–Crippen LogP) is 4.39. The molecule has 3 heteroatoms. The van der Waals surface area contributed by atoms with Crippen LogP contribution in [0.5, 0.6) is 0 Å². The molecular weight excluding hydrogens is 251 g/mol. The summed E-state index contributed by atoms with van der Waals surface area (Å²) in [5.41, 5.74) is 2.26. The molecule has 2 aromatic rings. The zero-order valence-corrected chi connectivity index (χ0v) is 12.3. The highest BCUT2D eigenvalue weighted by Crippen LogP contribution is 2.26. The number of benzene rings is 1. The van der Waals surface area contributed by atoms with E-state index in [4.69, 9.17) is 0 Å². The van der Waals surface area contributed by atoms with Crippen LogP contribution in [0, 0.1) is 5.82 Å². The number of hydrogen-bond acceptors (Lipinski definition) is 1. The normalized spacial score (nSPS) is 16.6. The van der Waals surface area contributed by atoms with E-state index in [1.807, 2.05) is 6.07 Å². The van der Waals surface area contributed by atoms with Gasteiger partial charge in [-0.2, -0.15) is 0 Å². The van der Waals surface area contributed by atoms with Crippen LogP contribution >= 0.6 is 0 Å². The second kappa shape index (κ2) is 5.57. The fourth-order valence-electron chi connectivity index (χ4n) is 3.38. The van der Waals surface area contributed by atoms with Gasteiger partial charge in [-0.05, 0) is 51.0 Å². The van der Waals surface area contributed by atoms with Gasteiger partial charge in [-0.25, -0.2) is 4.39 Å². The Hall–Kier alpha value is -1.35. The first-order valence-electron chi connectivity index (χ1n) is 7.68. The highest BCUT2D eigenvalue weighted by atomic mass is 19.1. The molecule has 0 spiro atoms.